The van der Waals surface area contributed by atoms with Crippen molar-refractivity contribution in [3.8, 4) is 0 Å². The van der Waals surface area contributed by atoms with Gasteiger partial charge in [-0.15, -0.1) is 0 Å². The summed E-state index contributed by atoms with van der Waals surface area (Å²) >= 11 is 0. The standard InChI is InChI=1S/C21H30N2O/c24-20(13-17-9-2-1-3-10-17)22-21-18-14-23(15-19(18)21)12-6-11-16-7-4-5-8-16/h1-3,9-10,16,18-19,21H,4-8,11-15H2,(H,22,24)/t18-,19+,21?. The minimum Gasteiger partial charge on any atom is -0.352 e. The minimum atomic E-state index is 0.188. The topological polar surface area (TPSA) is 32.3 Å². The number of piperidine rings is 1. The maximum Gasteiger partial charge on any atom is 0.224 e. The summed E-state index contributed by atoms with van der Waals surface area (Å²) in [5, 5.41) is 3.26. The molecule has 3 nitrogen and oxygen atoms in total. The van der Waals surface area contributed by atoms with Crippen LogP contribution in [0.25, 0.3) is 0 Å². The van der Waals surface area contributed by atoms with Crippen molar-refractivity contribution in [2.24, 2.45) is 17.8 Å². The van der Waals surface area contributed by atoms with E-state index in [2.05, 4.69) is 10.2 Å². The van der Waals surface area contributed by atoms with Gasteiger partial charge in [0.1, 0.15) is 0 Å². The summed E-state index contributed by atoms with van der Waals surface area (Å²) in [5.41, 5.74) is 1.11. The highest BCUT2D eigenvalue weighted by atomic mass is 16.1. The minimum absolute atomic E-state index is 0.188. The summed E-state index contributed by atoms with van der Waals surface area (Å²) in [4.78, 5) is 14.8. The highest BCUT2D eigenvalue weighted by Crippen LogP contribution is 2.45. The van der Waals surface area contributed by atoms with Crippen molar-refractivity contribution in [3.63, 3.8) is 0 Å². The SMILES string of the molecule is O=C(Cc1ccccc1)NC1[C@H]2CN(CCCC3CCCC3)C[C@@H]12. The number of hydrogen-bond acceptors (Lipinski definition) is 2. The van der Waals surface area contributed by atoms with Gasteiger partial charge in [0.05, 0.1) is 6.42 Å². The molecule has 2 aliphatic carbocycles. The lowest BCUT2D eigenvalue weighted by Gasteiger charge is -2.20. The predicted molar refractivity (Wildman–Crippen MR) is 96.7 cm³/mol. The van der Waals surface area contributed by atoms with E-state index in [4.69, 9.17) is 0 Å². The van der Waals surface area contributed by atoms with Gasteiger partial charge in [0, 0.05) is 19.1 Å². The van der Waals surface area contributed by atoms with Crippen molar-refractivity contribution < 1.29 is 4.79 Å². The lowest BCUT2D eigenvalue weighted by Crippen LogP contribution is -2.35. The first-order valence-corrected chi connectivity index (χ1v) is 9.85. The molecule has 1 aliphatic heterocycles. The largest absolute Gasteiger partial charge is 0.352 e. The number of carbonyl (C=O) groups excluding carboxylic acids is 1. The van der Waals surface area contributed by atoms with E-state index in [1.54, 1.807) is 0 Å². The molecule has 1 aromatic carbocycles. The Morgan fingerprint density at radius 2 is 1.79 bits per heavy atom. The number of nitrogens with zero attached hydrogens (tertiary/aromatic N) is 1. The van der Waals surface area contributed by atoms with E-state index in [9.17, 15) is 4.79 Å². The molecule has 3 atom stereocenters. The van der Waals surface area contributed by atoms with Crippen LogP contribution in [0.3, 0.4) is 0 Å². The van der Waals surface area contributed by atoms with Crippen LogP contribution >= 0.6 is 0 Å². The summed E-state index contributed by atoms with van der Waals surface area (Å²) in [6.07, 6.45) is 9.19. The molecule has 1 N–H and O–H groups in total. The lowest BCUT2D eigenvalue weighted by molar-refractivity contribution is -0.120. The van der Waals surface area contributed by atoms with Gasteiger partial charge in [-0.05, 0) is 42.7 Å². The van der Waals surface area contributed by atoms with Crippen LogP contribution in [0.1, 0.15) is 44.1 Å². The summed E-state index contributed by atoms with van der Waals surface area (Å²) in [5.74, 6) is 2.65. The van der Waals surface area contributed by atoms with E-state index in [0.717, 1.165) is 23.3 Å². The smallest absolute Gasteiger partial charge is 0.224 e. The number of likely N-dealkylation sites (tertiary alicyclic amines) is 1. The molecule has 24 heavy (non-hydrogen) atoms. The van der Waals surface area contributed by atoms with E-state index < -0.39 is 0 Å². The summed E-state index contributed by atoms with van der Waals surface area (Å²) in [6, 6.07) is 10.5. The van der Waals surface area contributed by atoms with Crippen molar-refractivity contribution in [2.75, 3.05) is 19.6 Å². The number of rotatable bonds is 7. The van der Waals surface area contributed by atoms with Gasteiger partial charge in [0.2, 0.25) is 5.91 Å². The third kappa shape index (κ3) is 3.83. The molecule has 3 heteroatoms. The third-order valence-corrected chi connectivity index (χ3v) is 6.37. The van der Waals surface area contributed by atoms with Crippen LogP contribution in [0.4, 0.5) is 0 Å². The quantitative estimate of drug-likeness (QED) is 0.834. The predicted octanol–water partition coefficient (Wildman–Crippen LogP) is 3.25. The van der Waals surface area contributed by atoms with Crippen LogP contribution in [-0.2, 0) is 11.2 Å². The first kappa shape index (κ1) is 16.1. The zero-order chi connectivity index (χ0) is 16.4. The molecule has 1 amide bonds. The van der Waals surface area contributed by atoms with Crippen molar-refractivity contribution >= 4 is 5.91 Å². The normalized spacial score (nSPS) is 29.6. The summed E-state index contributed by atoms with van der Waals surface area (Å²) in [6.45, 7) is 3.67. The van der Waals surface area contributed by atoms with E-state index >= 15 is 0 Å². The molecule has 0 aromatic heterocycles. The second-order valence-corrected chi connectivity index (χ2v) is 8.14. The molecular formula is C21H30N2O. The van der Waals surface area contributed by atoms with Crippen molar-refractivity contribution in [2.45, 2.75) is 51.0 Å². The molecule has 4 rings (SSSR count). The maximum absolute atomic E-state index is 12.2. The van der Waals surface area contributed by atoms with Crippen molar-refractivity contribution in [1.29, 1.82) is 0 Å². The van der Waals surface area contributed by atoms with Gasteiger partial charge >= 0.3 is 0 Å². The van der Waals surface area contributed by atoms with Crippen LogP contribution in [0.2, 0.25) is 0 Å². The van der Waals surface area contributed by atoms with Crippen LogP contribution in [0.5, 0.6) is 0 Å². The van der Waals surface area contributed by atoms with E-state index in [1.807, 2.05) is 30.3 Å². The average molecular weight is 326 g/mol. The second kappa shape index (κ2) is 7.26. The van der Waals surface area contributed by atoms with Gasteiger partial charge in [0.15, 0.2) is 0 Å². The third-order valence-electron chi connectivity index (χ3n) is 6.37. The molecular weight excluding hydrogens is 296 g/mol. The molecule has 3 aliphatic rings. The Morgan fingerprint density at radius 1 is 1.08 bits per heavy atom. The van der Waals surface area contributed by atoms with Gasteiger partial charge in [-0.25, -0.2) is 0 Å². The fourth-order valence-corrected chi connectivity index (χ4v) is 4.93. The first-order valence-electron chi connectivity index (χ1n) is 9.85. The molecule has 1 unspecified atom stereocenters. The molecule has 0 radical (unpaired) electrons. The Morgan fingerprint density at radius 3 is 2.50 bits per heavy atom. The average Bonchev–Trinajstić information content (AvgIpc) is 3.02. The molecule has 1 heterocycles. The van der Waals surface area contributed by atoms with Crippen molar-refractivity contribution in [3.05, 3.63) is 35.9 Å². The molecule has 3 fully saturated rings. The van der Waals surface area contributed by atoms with Gasteiger partial charge < -0.3 is 10.2 Å². The monoisotopic (exact) mass is 326 g/mol. The molecule has 0 spiro atoms. The number of carbonyl (C=O) groups is 1. The zero-order valence-electron chi connectivity index (χ0n) is 14.6. The van der Waals surface area contributed by atoms with Gasteiger partial charge in [-0.2, -0.15) is 0 Å². The Bertz CT molecular complexity index is 540. The molecule has 1 aromatic rings. The van der Waals surface area contributed by atoms with Gasteiger partial charge in [0.25, 0.3) is 0 Å². The molecule has 2 saturated carbocycles. The fourth-order valence-electron chi connectivity index (χ4n) is 4.93. The van der Waals surface area contributed by atoms with Crippen LogP contribution in [0.15, 0.2) is 30.3 Å². The number of nitrogens with one attached hydrogen (secondary N) is 1. The second-order valence-electron chi connectivity index (χ2n) is 8.14. The fraction of sp³-hybridized carbons (Fsp3) is 0.667. The lowest BCUT2D eigenvalue weighted by atomic mass is 10.0. The summed E-state index contributed by atoms with van der Waals surface area (Å²) < 4.78 is 0. The van der Waals surface area contributed by atoms with Crippen LogP contribution in [0, 0.1) is 17.8 Å². The first-order chi connectivity index (χ1) is 11.8. The van der Waals surface area contributed by atoms with E-state index in [-0.39, 0.29) is 5.91 Å². The van der Waals surface area contributed by atoms with Gasteiger partial charge in [-0.3, -0.25) is 4.79 Å². The number of amides is 1. The zero-order valence-corrected chi connectivity index (χ0v) is 14.6. The Hall–Kier alpha value is -1.35. The Balaban J connectivity index is 1.13. The molecule has 0 bridgehead atoms. The number of benzene rings is 1. The highest BCUT2D eigenvalue weighted by Gasteiger charge is 2.55. The molecule has 1 saturated heterocycles. The number of hydrogen-bond donors (Lipinski definition) is 1. The van der Waals surface area contributed by atoms with Crippen LogP contribution < -0.4 is 5.32 Å². The van der Waals surface area contributed by atoms with Gasteiger partial charge in [-0.1, -0.05) is 56.0 Å². The summed E-state index contributed by atoms with van der Waals surface area (Å²) in [7, 11) is 0. The Kier molecular flexibility index (Phi) is 4.88. The highest BCUT2D eigenvalue weighted by molar-refractivity contribution is 5.79. The molecule has 130 valence electrons. The Labute approximate surface area is 145 Å². The maximum atomic E-state index is 12.2. The van der Waals surface area contributed by atoms with E-state index in [0.29, 0.717) is 12.5 Å². The van der Waals surface area contributed by atoms with Crippen molar-refractivity contribution in [1.82, 2.24) is 10.2 Å². The van der Waals surface area contributed by atoms with E-state index in [1.165, 1.54) is 58.2 Å². The van der Waals surface area contributed by atoms with Crippen LogP contribution in [-0.4, -0.2) is 36.5 Å². The number of fused-ring (bicyclic) bond motifs is 1.